The van der Waals surface area contributed by atoms with E-state index < -0.39 is 6.51 Å². The van der Waals surface area contributed by atoms with E-state index in [0.717, 1.165) is 79.6 Å². The van der Waals surface area contributed by atoms with Crippen molar-refractivity contribution in [3.63, 3.8) is 0 Å². The van der Waals surface area contributed by atoms with Crippen LogP contribution in [0.5, 0.6) is 0 Å². The summed E-state index contributed by atoms with van der Waals surface area (Å²) in [5.41, 5.74) is 6.23. The Bertz CT molecular complexity index is 2590. The van der Waals surface area contributed by atoms with Crippen molar-refractivity contribution in [2.75, 3.05) is 32.3 Å². The van der Waals surface area contributed by atoms with Crippen molar-refractivity contribution >= 4 is 17.2 Å². The van der Waals surface area contributed by atoms with Crippen LogP contribution in [0, 0.1) is 59.2 Å². The van der Waals surface area contributed by atoms with E-state index in [9.17, 15) is 0 Å². The van der Waals surface area contributed by atoms with Gasteiger partial charge in [0.05, 0.1) is 0 Å². The van der Waals surface area contributed by atoms with Crippen LogP contribution in [-0.2, 0) is 15.1 Å². The third-order valence-electron chi connectivity index (χ3n) is 32.0. The zero-order chi connectivity index (χ0) is 37.9. The number of piperidine rings is 2. The van der Waals surface area contributed by atoms with Crippen LogP contribution in [0.15, 0.2) is 60.7 Å². The summed E-state index contributed by atoms with van der Waals surface area (Å²) in [6, 6.07) is 26.4. The zero-order valence-corrected chi connectivity index (χ0v) is 38.6. The van der Waals surface area contributed by atoms with Gasteiger partial charge in [-0.05, 0) is 0 Å². The summed E-state index contributed by atoms with van der Waals surface area (Å²) in [5.74, 6) is 10.6. The molecule has 314 valence electrons. The number of fused-ring (bicyclic) bond motifs is 10. The minimum absolute atomic E-state index is 0.000611. The van der Waals surface area contributed by atoms with Gasteiger partial charge >= 0.3 is 350 Å². The fraction of sp³-hybridized carbons (Fsp3) is 0.778. The molecule has 2 aromatic rings. The first-order chi connectivity index (χ1) is 28.8. The molecule has 8 saturated carbocycles. The van der Waals surface area contributed by atoms with E-state index in [4.69, 9.17) is 0 Å². The van der Waals surface area contributed by atoms with Gasteiger partial charge in [-0.3, -0.25) is 0 Å². The molecule has 8 aliphatic carbocycles. The van der Waals surface area contributed by atoms with Gasteiger partial charge < -0.3 is 0 Å². The van der Waals surface area contributed by atoms with Gasteiger partial charge in [-0.1, -0.05) is 0 Å². The maximum absolute atomic E-state index is 4.76. The summed E-state index contributed by atoms with van der Waals surface area (Å²) in [5, 5.41) is 8.79. The van der Waals surface area contributed by atoms with E-state index in [0.29, 0.717) is 18.1 Å². The topological polar surface area (TPSA) is 24.1 Å². The van der Waals surface area contributed by atoms with Gasteiger partial charge in [0.15, 0.2) is 0 Å². The summed E-state index contributed by atoms with van der Waals surface area (Å²) >= 11 is 0. The Hall–Kier alpha value is -0.261. The predicted octanol–water partition coefficient (Wildman–Crippen LogP) is 12.1. The van der Waals surface area contributed by atoms with Crippen molar-refractivity contribution in [1.82, 2.24) is 10.6 Å². The fourth-order valence-corrected chi connectivity index (χ4v) is 129. The fourth-order valence-electron chi connectivity index (χ4n) is 35.5. The van der Waals surface area contributed by atoms with Crippen LogP contribution in [0.1, 0.15) is 101 Å². The Kier molecular flexibility index (Phi) is 3.59. The normalized spacial score (nSPS) is 72.4. The molecular formula is C54H70FeN2P2. The Morgan fingerprint density at radius 2 is 1.03 bits per heavy atom. The second kappa shape index (κ2) is 6.53. The summed E-state index contributed by atoms with van der Waals surface area (Å²) < 4.78 is 2.62. The number of nitrogens with one attached hydrogen (secondary N) is 2. The van der Waals surface area contributed by atoms with E-state index in [-0.39, 0.29) is 7.92 Å². The minimum atomic E-state index is -4.76. The molecule has 2 nitrogen and oxygen atoms in total. The van der Waals surface area contributed by atoms with E-state index in [1.807, 2.05) is 17.3 Å². The molecule has 2 aromatic carbocycles. The predicted molar refractivity (Wildman–Crippen MR) is 241 cm³/mol. The first-order valence-electron chi connectivity index (χ1n) is 26.1. The Morgan fingerprint density at radius 1 is 0.593 bits per heavy atom. The molecular weight excluding hydrogens is 794 g/mol. The third-order valence-corrected chi connectivity index (χ3v) is 82.4. The summed E-state index contributed by atoms with van der Waals surface area (Å²) in [6.45, 7) is 0.423. The van der Waals surface area contributed by atoms with E-state index in [1.54, 1.807) is 64.2 Å². The van der Waals surface area contributed by atoms with E-state index >= 15 is 0 Å². The molecule has 12 aliphatic heterocycles. The van der Waals surface area contributed by atoms with Crippen LogP contribution in [0.4, 0.5) is 0 Å². The second-order valence-electron chi connectivity index (χ2n) is 28.3. The van der Waals surface area contributed by atoms with Gasteiger partial charge in [-0.2, -0.15) is 0 Å². The zero-order valence-electron chi connectivity index (χ0n) is 35.5. The van der Waals surface area contributed by atoms with Gasteiger partial charge in [-0.25, -0.2) is 0 Å². The average Bonchev–Trinajstić information content (AvgIpc) is 4.22. The van der Waals surface area contributed by atoms with Crippen LogP contribution >= 0.6 is 17.2 Å². The van der Waals surface area contributed by atoms with Gasteiger partial charge in [0.1, 0.15) is 0 Å². The number of rotatable bonds is 9. The van der Waals surface area contributed by atoms with Crippen molar-refractivity contribution in [1.29, 1.82) is 0 Å². The molecule has 8 unspecified atom stereocenters. The van der Waals surface area contributed by atoms with Gasteiger partial charge in [0.2, 0.25) is 0 Å². The summed E-state index contributed by atoms with van der Waals surface area (Å²) in [7, 11) is 4.20. The Morgan fingerprint density at radius 3 is 1.44 bits per heavy atom. The van der Waals surface area contributed by atoms with Crippen LogP contribution < -0.4 is 10.6 Å². The molecule has 5 heteroatoms. The molecule has 20 aliphatic rings. The van der Waals surface area contributed by atoms with Crippen LogP contribution in [-0.4, -0.2) is 48.8 Å². The molecule has 59 heavy (non-hydrogen) atoms. The Labute approximate surface area is 348 Å². The molecule has 20 fully saturated rings. The van der Waals surface area contributed by atoms with Crippen molar-refractivity contribution in [3.05, 3.63) is 71.8 Å². The molecule has 0 radical (unpaired) electrons. The molecule has 2 N–H and O–H groups in total. The molecule has 12 saturated heterocycles. The first kappa shape index (κ1) is 32.4. The monoisotopic (exact) mass is 864 g/mol. The van der Waals surface area contributed by atoms with Crippen LogP contribution in [0.3, 0.4) is 0 Å². The second-order valence-corrected chi connectivity index (χ2v) is 54.5. The quantitative estimate of drug-likeness (QED) is 0.194. The van der Waals surface area contributed by atoms with E-state index in [2.05, 4.69) is 80.5 Å². The molecule has 22 rings (SSSR count). The SMILES string of the molecule is PC(C1CCCNC1)(C1CCCNC1)[C]12[CH]3[C]4(c5ccccc5)[C]5(c6ccccc6)[C]1(CP(C1C6CC7CC(C6)CC1C7)C1C6CC7CC(C6)CC1C7)[Fe]34521678[CH]2[CH]1[CH]6[CH]7[CH]28. The summed E-state index contributed by atoms with van der Waals surface area (Å²) in [4.78, 5) is 7.36. The van der Waals surface area contributed by atoms with Crippen LogP contribution in [0.25, 0.3) is 0 Å². The number of benzene rings is 2. The van der Waals surface area contributed by atoms with Gasteiger partial charge in [0, 0.05) is 0 Å². The molecule has 0 aromatic heterocycles. The number of hydrogen-bond donors (Lipinski definition) is 2. The molecule has 8 bridgehead atoms. The average molecular weight is 865 g/mol. The van der Waals surface area contributed by atoms with Crippen LogP contribution in [0.2, 0.25) is 37.5 Å². The Balaban J connectivity index is 0.905. The number of hydrogen-bond acceptors (Lipinski definition) is 2. The molecule has 12 heterocycles. The molecule has 1 spiro atoms. The van der Waals surface area contributed by atoms with Gasteiger partial charge in [-0.15, -0.1) is 0 Å². The van der Waals surface area contributed by atoms with Crippen molar-refractivity contribution < 1.29 is 6.51 Å². The maximum atomic E-state index is 4.20. The van der Waals surface area contributed by atoms with Crippen molar-refractivity contribution in [2.24, 2.45) is 59.2 Å². The van der Waals surface area contributed by atoms with Crippen molar-refractivity contribution in [2.45, 2.75) is 153 Å². The standard InChI is InChI=1S/C49H65N2P2.C5H5.Fe/c52-49(41-13-7-15-50-28-41,42-14-8-16-51-29-42)45-27-43(35-9-3-1-4-10-35)46(36-11-5-2-6-12-36)44(45)30-53(47-37-19-31-17-32(21-37)22-38(47)20-31)48-39-23-33-18-34(25-39)26-40(48)24-33;1-2-4-5-3-1;/h1-6,9-12,27,31-34,37-42,47-48,50-51H,7-8,13-26,28-30,52H2;1-5H;. The summed E-state index contributed by atoms with van der Waals surface area (Å²) in [6.07, 6.45) is 24.2. The third kappa shape index (κ3) is 1.19. The van der Waals surface area contributed by atoms with Crippen molar-refractivity contribution in [3.8, 4) is 0 Å². The van der Waals surface area contributed by atoms with Gasteiger partial charge in [0.25, 0.3) is 0 Å². The first-order valence-corrected chi connectivity index (χ1v) is 34.4. The molecule has 8 atom stereocenters. The molecule has 0 amide bonds. The van der Waals surface area contributed by atoms with E-state index in [1.165, 1.54) is 75.9 Å².